The molecule has 2 rings (SSSR count). The zero-order valence-corrected chi connectivity index (χ0v) is 6.84. The van der Waals surface area contributed by atoms with Gasteiger partial charge in [0.15, 0.2) is 4.96 Å². The minimum Gasteiger partial charge on any atom is -0.294 e. The number of hydrogen-bond acceptors (Lipinski definition) is 2. The van der Waals surface area contributed by atoms with Gasteiger partial charge in [0, 0.05) is 29.9 Å². The number of allylic oxidation sites excluding steroid dienone is 1. The predicted octanol–water partition coefficient (Wildman–Crippen LogP) is 2.12. The average molecular weight is 164 g/mol. The van der Waals surface area contributed by atoms with Crippen LogP contribution < -0.4 is 0 Å². The Labute approximate surface area is 68.8 Å². The number of nitrogens with zero attached hydrogens (tertiary/aromatic N) is 2. The summed E-state index contributed by atoms with van der Waals surface area (Å²) in [7, 11) is 0. The average Bonchev–Trinajstić information content (AvgIpc) is 2.53. The Balaban J connectivity index is 2.59. The largest absolute Gasteiger partial charge is 0.294 e. The molecule has 0 aliphatic carbocycles. The summed E-state index contributed by atoms with van der Waals surface area (Å²) in [6.45, 7) is 3.70. The van der Waals surface area contributed by atoms with Crippen LogP contribution in [0.5, 0.6) is 0 Å². The van der Waals surface area contributed by atoms with Crippen molar-refractivity contribution in [1.29, 1.82) is 0 Å². The summed E-state index contributed by atoms with van der Waals surface area (Å²) >= 11 is 1.66. The van der Waals surface area contributed by atoms with Crippen molar-refractivity contribution < 1.29 is 0 Å². The van der Waals surface area contributed by atoms with Crippen LogP contribution in [0.2, 0.25) is 0 Å². The van der Waals surface area contributed by atoms with Crippen molar-refractivity contribution in [3.8, 4) is 0 Å². The Morgan fingerprint density at radius 3 is 3.45 bits per heavy atom. The highest BCUT2D eigenvalue weighted by atomic mass is 32.1. The van der Waals surface area contributed by atoms with Crippen molar-refractivity contribution in [2.75, 3.05) is 0 Å². The Kier molecular flexibility index (Phi) is 1.51. The van der Waals surface area contributed by atoms with Crippen LogP contribution in [0.25, 0.3) is 4.96 Å². The van der Waals surface area contributed by atoms with Gasteiger partial charge in [-0.05, 0) is 0 Å². The maximum atomic E-state index is 4.17. The molecule has 0 amide bonds. The molecule has 2 aromatic rings. The molecule has 0 aromatic carbocycles. The van der Waals surface area contributed by atoms with Crippen LogP contribution in [-0.4, -0.2) is 9.38 Å². The summed E-state index contributed by atoms with van der Waals surface area (Å²) in [6.07, 6.45) is 6.61. The molecule has 0 spiro atoms. The van der Waals surface area contributed by atoms with E-state index in [-0.39, 0.29) is 0 Å². The highest BCUT2D eigenvalue weighted by Gasteiger charge is 2.00. The van der Waals surface area contributed by atoms with Gasteiger partial charge >= 0.3 is 0 Å². The second-order valence-corrected chi connectivity index (χ2v) is 3.14. The Bertz CT molecular complexity index is 372. The summed E-state index contributed by atoms with van der Waals surface area (Å²) < 4.78 is 2.09. The van der Waals surface area contributed by atoms with E-state index in [0.717, 1.165) is 11.4 Å². The number of fused-ring (bicyclic) bond motifs is 1. The van der Waals surface area contributed by atoms with E-state index in [1.807, 2.05) is 18.5 Å². The van der Waals surface area contributed by atoms with E-state index in [2.05, 4.69) is 21.3 Å². The molecular weight excluding hydrogens is 156 g/mol. The van der Waals surface area contributed by atoms with Gasteiger partial charge in [0.25, 0.3) is 0 Å². The standard InChI is InChI=1S/C8H8N2S/c1-2-3-7-6-11-8-9-4-5-10(7)8/h2,4-6H,1,3H2. The lowest BCUT2D eigenvalue weighted by Gasteiger charge is -1.90. The van der Waals surface area contributed by atoms with E-state index < -0.39 is 0 Å². The van der Waals surface area contributed by atoms with Crippen molar-refractivity contribution in [3.63, 3.8) is 0 Å². The molecule has 0 bridgehead atoms. The van der Waals surface area contributed by atoms with E-state index in [1.54, 1.807) is 11.3 Å². The molecule has 0 fully saturated rings. The number of hydrogen-bond donors (Lipinski definition) is 0. The first-order valence-corrected chi connectivity index (χ1v) is 4.30. The van der Waals surface area contributed by atoms with Gasteiger partial charge in [0.2, 0.25) is 0 Å². The molecule has 11 heavy (non-hydrogen) atoms. The first-order valence-electron chi connectivity index (χ1n) is 3.42. The van der Waals surface area contributed by atoms with Crippen molar-refractivity contribution in [2.45, 2.75) is 6.42 Å². The lowest BCUT2D eigenvalue weighted by atomic mass is 10.3. The second-order valence-electron chi connectivity index (χ2n) is 2.30. The van der Waals surface area contributed by atoms with Gasteiger partial charge in [-0.2, -0.15) is 0 Å². The van der Waals surface area contributed by atoms with Crippen LogP contribution in [0.1, 0.15) is 5.69 Å². The molecular formula is C8H8N2S. The second kappa shape index (κ2) is 2.51. The van der Waals surface area contributed by atoms with Crippen LogP contribution in [-0.2, 0) is 6.42 Å². The van der Waals surface area contributed by atoms with E-state index >= 15 is 0 Å². The normalized spacial score (nSPS) is 10.5. The van der Waals surface area contributed by atoms with E-state index in [4.69, 9.17) is 0 Å². The van der Waals surface area contributed by atoms with E-state index in [0.29, 0.717) is 0 Å². The Morgan fingerprint density at radius 1 is 1.73 bits per heavy atom. The van der Waals surface area contributed by atoms with Gasteiger partial charge in [-0.1, -0.05) is 6.08 Å². The fraction of sp³-hybridized carbons (Fsp3) is 0.125. The molecule has 0 aliphatic heterocycles. The van der Waals surface area contributed by atoms with Crippen LogP contribution in [0.4, 0.5) is 0 Å². The zero-order chi connectivity index (χ0) is 7.68. The van der Waals surface area contributed by atoms with Crippen molar-refractivity contribution >= 4 is 16.3 Å². The maximum Gasteiger partial charge on any atom is 0.193 e. The molecule has 0 N–H and O–H groups in total. The molecule has 0 unspecified atom stereocenters. The molecule has 2 aromatic heterocycles. The number of thiazole rings is 1. The summed E-state index contributed by atoms with van der Waals surface area (Å²) in [6, 6.07) is 0. The van der Waals surface area contributed by atoms with Crippen LogP contribution in [0.15, 0.2) is 30.4 Å². The third-order valence-corrected chi connectivity index (χ3v) is 2.47. The van der Waals surface area contributed by atoms with E-state index in [9.17, 15) is 0 Å². The maximum absolute atomic E-state index is 4.17. The van der Waals surface area contributed by atoms with Crippen LogP contribution in [0, 0.1) is 0 Å². The molecule has 0 radical (unpaired) electrons. The molecule has 2 nitrogen and oxygen atoms in total. The predicted molar refractivity (Wildman–Crippen MR) is 47.0 cm³/mol. The highest BCUT2D eigenvalue weighted by Crippen LogP contribution is 2.14. The van der Waals surface area contributed by atoms with Crippen LogP contribution in [0.3, 0.4) is 0 Å². The lowest BCUT2D eigenvalue weighted by molar-refractivity contribution is 1.06. The molecule has 0 saturated carbocycles. The molecule has 0 saturated heterocycles. The smallest absolute Gasteiger partial charge is 0.193 e. The number of imidazole rings is 1. The lowest BCUT2D eigenvalue weighted by Crippen LogP contribution is -1.85. The summed E-state index contributed by atoms with van der Waals surface area (Å²) in [5.41, 5.74) is 1.26. The first kappa shape index (κ1) is 6.61. The van der Waals surface area contributed by atoms with Gasteiger partial charge < -0.3 is 0 Å². The zero-order valence-electron chi connectivity index (χ0n) is 6.03. The van der Waals surface area contributed by atoms with Crippen molar-refractivity contribution in [3.05, 3.63) is 36.1 Å². The highest BCUT2D eigenvalue weighted by molar-refractivity contribution is 7.15. The monoisotopic (exact) mass is 164 g/mol. The topological polar surface area (TPSA) is 17.3 Å². The first-order chi connectivity index (χ1) is 5.42. The Hall–Kier alpha value is -1.09. The molecule has 2 heterocycles. The molecule has 3 heteroatoms. The Morgan fingerprint density at radius 2 is 2.64 bits per heavy atom. The minimum absolute atomic E-state index is 0.913. The van der Waals surface area contributed by atoms with Gasteiger partial charge in [-0.25, -0.2) is 4.98 Å². The third-order valence-electron chi connectivity index (χ3n) is 1.57. The van der Waals surface area contributed by atoms with Gasteiger partial charge in [0.05, 0.1) is 0 Å². The molecule has 0 aliphatic rings. The van der Waals surface area contributed by atoms with Crippen molar-refractivity contribution in [2.24, 2.45) is 0 Å². The summed E-state index contributed by atoms with van der Waals surface area (Å²) in [4.78, 5) is 5.23. The molecule has 0 atom stereocenters. The van der Waals surface area contributed by atoms with Gasteiger partial charge in [-0.3, -0.25) is 4.40 Å². The SMILES string of the molecule is C=CCc1csc2nccn12. The quantitative estimate of drug-likeness (QED) is 0.621. The van der Waals surface area contributed by atoms with Crippen LogP contribution >= 0.6 is 11.3 Å². The number of rotatable bonds is 2. The van der Waals surface area contributed by atoms with E-state index in [1.165, 1.54) is 5.69 Å². The minimum atomic E-state index is 0.913. The third kappa shape index (κ3) is 0.973. The van der Waals surface area contributed by atoms with Gasteiger partial charge in [-0.15, -0.1) is 17.9 Å². The summed E-state index contributed by atoms with van der Waals surface area (Å²) in [5.74, 6) is 0. The van der Waals surface area contributed by atoms with Gasteiger partial charge in [0.1, 0.15) is 0 Å². The fourth-order valence-electron chi connectivity index (χ4n) is 1.07. The summed E-state index contributed by atoms with van der Waals surface area (Å²) in [5, 5.41) is 2.12. The van der Waals surface area contributed by atoms with Crippen molar-refractivity contribution in [1.82, 2.24) is 9.38 Å². The number of aromatic nitrogens is 2. The fourth-order valence-corrected chi connectivity index (χ4v) is 1.93. The molecule has 56 valence electrons.